The Morgan fingerprint density at radius 2 is 1.86 bits per heavy atom. The van der Waals surface area contributed by atoms with Gasteiger partial charge in [-0.15, -0.1) is 0 Å². The number of carboxylic acid groups (broad SMARTS) is 1. The summed E-state index contributed by atoms with van der Waals surface area (Å²) >= 11 is 0. The van der Waals surface area contributed by atoms with Crippen molar-refractivity contribution in [2.75, 3.05) is 0 Å². The van der Waals surface area contributed by atoms with Gasteiger partial charge in [0.25, 0.3) is 0 Å². The van der Waals surface area contributed by atoms with Crippen molar-refractivity contribution >= 4 is 11.9 Å². The zero-order chi connectivity index (χ0) is 16.0. The lowest BCUT2D eigenvalue weighted by atomic mass is 9.98. The highest BCUT2D eigenvalue weighted by atomic mass is 16.4. The van der Waals surface area contributed by atoms with Crippen LogP contribution in [-0.2, 0) is 16.0 Å². The van der Waals surface area contributed by atoms with Crippen molar-refractivity contribution in [1.29, 1.82) is 0 Å². The smallest absolute Gasteiger partial charge is 0.326 e. The molecule has 0 fully saturated rings. The maximum atomic E-state index is 12.0. The summed E-state index contributed by atoms with van der Waals surface area (Å²) < 4.78 is 0. The van der Waals surface area contributed by atoms with E-state index in [0.29, 0.717) is 5.56 Å². The quantitative estimate of drug-likeness (QED) is 0.596. The van der Waals surface area contributed by atoms with Crippen molar-refractivity contribution in [3.63, 3.8) is 0 Å². The van der Waals surface area contributed by atoms with Gasteiger partial charge in [0, 0.05) is 6.42 Å². The van der Waals surface area contributed by atoms with E-state index in [-0.39, 0.29) is 18.1 Å². The predicted octanol–water partition coefficient (Wildman–Crippen LogP) is 0.877. The molecule has 21 heavy (non-hydrogen) atoms. The largest absolute Gasteiger partial charge is 0.508 e. The van der Waals surface area contributed by atoms with Crippen LogP contribution in [0.1, 0.15) is 25.8 Å². The van der Waals surface area contributed by atoms with Gasteiger partial charge in [-0.05, 0) is 23.6 Å². The Balaban J connectivity index is 2.72. The molecule has 0 spiro atoms. The van der Waals surface area contributed by atoms with Crippen LogP contribution in [0.3, 0.4) is 0 Å². The molecule has 0 heterocycles. The molecular weight excluding hydrogens is 272 g/mol. The first-order valence-electron chi connectivity index (χ1n) is 6.91. The number of rotatable bonds is 7. The predicted molar refractivity (Wildman–Crippen MR) is 78.8 cm³/mol. The van der Waals surface area contributed by atoms with Crippen LogP contribution in [-0.4, -0.2) is 34.2 Å². The SMILES string of the molecule is CCC(C)[C@@H](N)C(=O)NC(Cc1ccc(O)cc1)C(=O)O. The Kier molecular flexibility index (Phi) is 6.17. The number of carbonyl (C=O) groups excluding carboxylic acids is 1. The van der Waals surface area contributed by atoms with Crippen molar-refractivity contribution < 1.29 is 19.8 Å². The standard InChI is InChI=1S/C15H22N2O4/c1-3-9(2)13(16)14(19)17-12(15(20)21)8-10-4-6-11(18)7-5-10/h4-7,9,12-13,18H,3,8,16H2,1-2H3,(H,17,19)(H,20,21)/t9?,12?,13-/m1/s1. The number of nitrogens with two attached hydrogens (primary N) is 1. The molecule has 1 amide bonds. The second-order valence-electron chi connectivity index (χ2n) is 5.18. The molecule has 0 aliphatic rings. The van der Waals surface area contributed by atoms with E-state index in [1.54, 1.807) is 12.1 Å². The highest BCUT2D eigenvalue weighted by molar-refractivity contribution is 5.87. The molecule has 3 atom stereocenters. The maximum absolute atomic E-state index is 12.0. The molecule has 0 saturated carbocycles. The Bertz CT molecular complexity index is 487. The van der Waals surface area contributed by atoms with Gasteiger partial charge in [0.2, 0.25) is 5.91 Å². The number of aromatic hydroxyl groups is 1. The number of nitrogens with one attached hydrogen (secondary N) is 1. The maximum Gasteiger partial charge on any atom is 0.326 e. The molecular formula is C15H22N2O4. The lowest BCUT2D eigenvalue weighted by Gasteiger charge is -2.21. The van der Waals surface area contributed by atoms with Gasteiger partial charge in [0.1, 0.15) is 11.8 Å². The van der Waals surface area contributed by atoms with Gasteiger partial charge in [-0.3, -0.25) is 4.79 Å². The number of hydrogen-bond acceptors (Lipinski definition) is 4. The van der Waals surface area contributed by atoms with Crippen LogP contribution in [0.4, 0.5) is 0 Å². The average molecular weight is 294 g/mol. The third-order valence-corrected chi connectivity index (χ3v) is 3.55. The summed E-state index contributed by atoms with van der Waals surface area (Å²) in [6.45, 7) is 3.77. The number of carbonyl (C=O) groups is 2. The summed E-state index contributed by atoms with van der Waals surface area (Å²) in [5, 5.41) is 20.9. The van der Waals surface area contributed by atoms with Gasteiger partial charge in [0.15, 0.2) is 0 Å². The summed E-state index contributed by atoms with van der Waals surface area (Å²) in [7, 11) is 0. The second-order valence-corrected chi connectivity index (χ2v) is 5.18. The fourth-order valence-electron chi connectivity index (χ4n) is 1.85. The van der Waals surface area contributed by atoms with Crippen molar-refractivity contribution in [1.82, 2.24) is 5.32 Å². The van der Waals surface area contributed by atoms with Crippen LogP contribution in [0, 0.1) is 5.92 Å². The molecule has 5 N–H and O–H groups in total. The lowest BCUT2D eigenvalue weighted by molar-refractivity contribution is -0.142. The molecule has 116 valence electrons. The van der Waals surface area contributed by atoms with Crippen LogP contribution < -0.4 is 11.1 Å². The Morgan fingerprint density at radius 1 is 1.29 bits per heavy atom. The van der Waals surface area contributed by atoms with Crippen LogP contribution in [0.25, 0.3) is 0 Å². The van der Waals surface area contributed by atoms with E-state index >= 15 is 0 Å². The first-order valence-corrected chi connectivity index (χ1v) is 6.91. The Hall–Kier alpha value is -2.08. The summed E-state index contributed by atoms with van der Waals surface area (Å²) in [4.78, 5) is 23.2. The first kappa shape index (κ1) is 17.0. The number of phenols is 1. The van der Waals surface area contributed by atoms with E-state index in [9.17, 15) is 19.8 Å². The number of phenolic OH excluding ortho intramolecular Hbond substituents is 1. The van der Waals surface area contributed by atoms with E-state index in [1.165, 1.54) is 12.1 Å². The molecule has 1 aromatic rings. The third kappa shape index (κ3) is 5.07. The second kappa shape index (κ2) is 7.64. The Labute approximate surface area is 124 Å². The molecule has 0 saturated heterocycles. The van der Waals surface area contributed by atoms with E-state index in [0.717, 1.165) is 6.42 Å². The Morgan fingerprint density at radius 3 is 2.33 bits per heavy atom. The van der Waals surface area contributed by atoms with Crippen LogP contribution in [0.2, 0.25) is 0 Å². The topological polar surface area (TPSA) is 113 Å². The van der Waals surface area contributed by atoms with Gasteiger partial charge in [-0.1, -0.05) is 32.4 Å². The molecule has 0 aliphatic carbocycles. The van der Waals surface area contributed by atoms with Gasteiger partial charge < -0.3 is 21.3 Å². The normalized spacial score (nSPS) is 15.0. The average Bonchev–Trinajstić information content (AvgIpc) is 2.46. The molecule has 0 bridgehead atoms. The van der Waals surface area contributed by atoms with E-state index in [4.69, 9.17) is 5.73 Å². The summed E-state index contributed by atoms with van der Waals surface area (Å²) in [6.07, 6.45) is 0.874. The van der Waals surface area contributed by atoms with Crippen LogP contribution in [0.5, 0.6) is 5.75 Å². The van der Waals surface area contributed by atoms with E-state index < -0.39 is 24.0 Å². The molecule has 0 aliphatic heterocycles. The molecule has 0 radical (unpaired) electrons. The van der Waals surface area contributed by atoms with Gasteiger partial charge >= 0.3 is 5.97 Å². The number of benzene rings is 1. The molecule has 1 aromatic carbocycles. The number of aliphatic carboxylic acids is 1. The van der Waals surface area contributed by atoms with E-state index in [1.807, 2.05) is 13.8 Å². The molecule has 0 aromatic heterocycles. The minimum atomic E-state index is -1.12. The first-order chi connectivity index (χ1) is 9.85. The van der Waals surface area contributed by atoms with Crippen molar-refractivity contribution in [3.05, 3.63) is 29.8 Å². The number of amides is 1. The van der Waals surface area contributed by atoms with Gasteiger partial charge in [-0.2, -0.15) is 0 Å². The van der Waals surface area contributed by atoms with Crippen LogP contribution in [0.15, 0.2) is 24.3 Å². The van der Waals surface area contributed by atoms with Crippen molar-refractivity contribution in [2.24, 2.45) is 11.7 Å². The summed E-state index contributed by atoms with van der Waals surface area (Å²) in [5.41, 5.74) is 6.50. The number of carboxylic acids is 1. The number of hydrogen-bond donors (Lipinski definition) is 4. The molecule has 2 unspecified atom stereocenters. The minimum absolute atomic E-state index is 0.0203. The lowest BCUT2D eigenvalue weighted by Crippen LogP contribution is -2.51. The monoisotopic (exact) mass is 294 g/mol. The fourth-order valence-corrected chi connectivity index (χ4v) is 1.85. The zero-order valence-corrected chi connectivity index (χ0v) is 12.2. The fraction of sp³-hybridized carbons (Fsp3) is 0.467. The minimum Gasteiger partial charge on any atom is -0.508 e. The van der Waals surface area contributed by atoms with E-state index in [2.05, 4.69) is 5.32 Å². The highest BCUT2D eigenvalue weighted by Gasteiger charge is 2.25. The van der Waals surface area contributed by atoms with Gasteiger partial charge in [0.05, 0.1) is 6.04 Å². The van der Waals surface area contributed by atoms with Crippen molar-refractivity contribution in [3.8, 4) is 5.75 Å². The summed E-state index contributed by atoms with van der Waals surface area (Å²) in [6, 6.07) is 4.41. The van der Waals surface area contributed by atoms with Crippen LogP contribution >= 0.6 is 0 Å². The van der Waals surface area contributed by atoms with Gasteiger partial charge in [-0.25, -0.2) is 4.79 Å². The third-order valence-electron chi connectivity index (χ3n) is 3.55. The van der Waals surface area contributed by atoms with Crippen molar-refractivity contribution in [2.45, 2.75) is 38.8 Å². The zero-order valence-electron chi connectivity index (χ0n) is 12.2. The molecule has 6 heteroatoms. The summed E-state index contributed by atoms with van der Waals surface area (Å²) in [5.74, 6) is -1.50. The highest BCUT2D eigenvalue weighted by Crippen LogP contribution is 2.12. The molecule has 6 nitrogen and oxygen atoms in total. The molecule has 1 rings (SSSR count).